The molecule has 1 fully saturated rings. The number of aliphatic imine (C=N–C) groups is 1. The van der Waals surface area contributed by atoms with Crippen molar-refractivity contribution in [2.75, 3.05) is 12.8 Å². The molecule has 0 saturated heterocycles. The highest BCUT2D eigenvalue weighted by molar-refractivity contribution is 7.18. The number of rotatable bonds is 3. The Morgan fingerprint density at radius 3 is 2.73 bits per heavy atom. The normalized spacial score (nSPS) is 22.0. The van der Waals surface area contributed by atoms with E-state index in [-0.39, 0.29) is 5.41 Å². The molecule has 3 N–H and O–H groups in total. The lowest BCUT2D eigenvalue weighted by molar-refractivity contribution is -0.153. The number of thiophene rings is 1. The minimum Gasteiger partial charge on any atom is -0.384 e. The predicted molar refractivity (Wildman–Crippen MR) is 108 cm³/mol. The van der Waals surface area contributed by atoms with Crippen molar-refractivity contribution in [3.8, 4) is 11.3 Å². The van der Waals surface area contributed by atoms with Gasteiger partial charge in [0, 0.05) is 40.8 Å². The van der Waals surface area contributed by atoms with E-state index in [2.05, 4.69) is 36.0 Å². The lowest BCUT2D eigenvalue weighted by Crippen LogP contribution is -2.50. The van der Waals surface area contributed by atoms with Gasteiger partial charge >= 0.3 is 0 Å². The summed E-state index contributed by atoms with van der Waals surface area (Å²) in [5.41, 5.74) is 7.57. The van der Waals surface area contributed by atoms with Crippen molar-refractivity contribution in [1.29, 1.82) is 0 Å². The molecule has 0 amide bonds. The van der Waals surface area contributed by atoms with E-state index in [1.807, 2.05) is 12.1 Å². The van der Waals surface area contributed by atoms with Crippen molar-refractivity contribution < 1.29 is 5.11 Å². The molecule has 6 heteroatoms. The van der Waals surface area contributed by atoms with E-state index in [1.54, 1.807) is 30.8 Å². The van der Waals surface area contributed by atoms with Crippen molar-refractivity contribution in [2.45, 2.75) is 32.3 Å². The van der Waals surface area contributed by atoms with Crippen LogP contribution in [0.25, 0.3) is 21.5 Å². The van der Waals surface area contributed by atoms with Crippen LogP contribution >= 0.6 is 11.3 Å². The van der Waals surface area contributed by atoms with Crippen molar-refractivity contribution in [1.82, 2.24) is 9.97 Å². The fourth-order valence-electron chi connectivity index (χ4n) is 3.48. The van der Waals surface area contributed by atoms with E-state index in [0.29, 0.717) is 5.82 Å². The molecule has 0 spiro atoms. The van der Waals surface area contributed by atoms with E-state index >= 15 is 0 Å². The smallest absolute Gasteiger partial charge is 0.132 e. The molecular formula is C20H22N4OS. The van der Waals surface area contributed by atoms with E-state index in [4.69, 9.17) is 10.7 Å². The van der Waals surface area contributed by atoms with Gasteiger partial charge in [-0.15, -0.1) is 11.3 Å². The van der Waals surface area contributed by atoms with Crippen molar-refractivity contribution in [2.24, 2.45) is 10.4 Å². The number of anilines is 1. The van der Waals surface area contributed by atoms with Crippen LogP contribution in [-0.4, -0.2) is 28.3 Å². The van der Waals surface area contributed by atoms with Crippen LogP contribution in [0.2, 0.25) is 0 Å². The average Bonchev–Trinajstić information content (AvgIpc) is 3.05. The van der Waals surface area contributed by atoms with Crippen LogP contribution in [-0.2, 0) is 5.60 Å². The molecule has 4 rings (SSSR count). The second kappa shape index (κ2) is 5.86. The van der Waals surface area contributed by atoms with Gasteiger partial charge in [-0.05, 0) is 42.5 Å². The topological polar surface area (TPSA) is 84.4 Å². The number of hydrogen-bond donors (Lipinski definition) is 2. The summed E-state index contributed by atoms with van der Waals surface area (Å²) in [6, 6.07) is 8.06. The summed E-state index contributed by atoms with van der Waals surface area (Å²) in [6.07, 6.45) is 5.27. The van der Waals surface area contributed by atoms with Crippen LogP contribution in [0, 0.1) is 5.41 Å². The van der Waals surface area contributed by atoms with Crippen LogP contribution < -0.4 is 5.73 Å². The Kier molecular flexibility index (Phi) is 3.86. The number of nitrogens with two attached hydrogens (primary N) is 1. The fraction of sp³-hybridized carbons (Fsp3) is 0.350. The number of nitrogen functional groups attached to an aromatic ring is 1. The Balaban J connectivity index is 1.76. The van der Waals surface area contributed by atoms with E-state index < -0.39 is 5.60 Å². The van der Waals surface area contributed by atoms with Crippen molar-refractivity contribution in [3.05, 3.63) is 40.9 Å². The van der Waals surface area contributed by atoms with Crippen LogP contribution in [0.4, 0.5) is 5.82 Å². The summed E-state index contributed by atoms with van der Waals surface area (Å²) >= 11 is 1.58. The highest BCUT2D eigenvalue weighted by atomic mass is 32.1. The second-order valence-electron chi connectivity index (χ2n) is 7.53. The molecule has 0 radical (unpaired) electrons. The average molecular weight is 366 g/mol. The molecule has 3 heterocycles. The molecule has 1 unspecified atom stereocenters. The maximum Gasteiger partial charge on any atom is 0.132 e. The summed E-state index contributed by atoms with van der Waals surface area (Å²) in [4.78, 5) is 15.0. The van der Waals surface area contributed by atoms with Crippen LogP contribution in [0.5, 0.6) is 0 Å². The number of aromatic nitrogens is 2. The van der Waals surface area contributed by atoms with Gasteiger partial charge < -0.3 is 10.8 Å². The number of nitrogens with zero attached hydrogens (tertiary/aromatic N) is 3. The summed E-state index contributed by atoms with van der Waals surface area (Å²) in [5.74, 6) is 0.452. The van der Waals surface area contributed by atoms with Gasteiger partial charge in [0.15, 0.2) is 0 Å². The first-order chi connectivity index (χ1) is 12.3. The summed E-state index contributed by atoms with van der Waals surface area (Å²) in [7, 11) is 1.70. The Morgan fingerprint density at radius 2 is 2.08 bits per heavy atom. The highest BCUT2D eigenvalue weighted by Crippen LogP contribution is 2.57. The summed E-state index contributed by atoms with van der Waals surface area (Å²) in [5, 5.41) is 12.1. The molecule has 0 aromatic carbocycles. The quantitative estimate of drug-likeness (QED) is 0.686. The molecule has 3 aromatic heterocycles. The molecule has 1 atom stereocenters. The molecule has 5 nitrogen and oxygen atoms in total. The third-order valence-electron chi connectivity index (χ3n) is 5.54. The predicted octanol–water partition coefficient (Wildman–Crippen LogP) is 4.00. The lowest BCUT2D eigenvalue weighted by Gasteiger charge is -2.52. The molecular weight excluding hydrogens is 344 g/mol. The number of aliphatic hydroxyl groups is 1. The molecule has 0 aliphatic heterocycles. The van der Waals surface area contributed by atoms with Crippen LogP contribution in [0.3, 0.4) is 0 Å². The zero-order chi connectivity index (χ0) is 18.5. The standard InChI is InChI=1S/C20H22N4OS/c1-19(2)6-7-20(19,25)16-9-12-4-5-15(24-18(12)26-16)13-8-14(10-22-3)17(21)23-11-13/h4-5,8-11,25H,6-7H2,1-3H3,(H2,21,23). The largest absolute Gasteiger partial charge is 0.384 e. The Morgan fingerprint density at radius 1 is 1.27 bits per heavy atom. The van der Waals surface area contributed by atoms with Gasteiger partial charge in [0.05, 0.1) is 5.69 Å². The molecule has 1 aliphatic carbocycles. The first kappa shape index (κ1) is 17.1. The third-order valence-corrected chi connectivity index (χ3v) is 6.73. The minimum atomic E-state index is -0.744. The molecule has 26 heavy (non-hydrogen) atoms. The second-order valence-corrected chi connectivity index (χ2v) is 8.56. The van der Waals surface area contributed by atoms with Crippen LogP contribution in [0.15, 0.2) is 35.5 Å². The van der Waals surface area contributed by atoms with E-state index in [0.717, 1.165) is 44.8 Å². The first-order valence-electron chi connectivity index (χ1n) is 8.65. The molecule has 1 aliphatic rings. The van der Waals surface area contributed by atoms with E-state index in [9.17, 15) is 5.11 Å². The minimum absolute atomic E-state index is 0.0913. The van der Waals surface area contributed by atoms with Gasteiger partial charge in [0.1, 0.15) is 16.2 Å². The van der Waals surface area contributed by atoms with Gasteiger partial charge in [-0.25, -0.2) is 9.97 Å². The monoisotopic (exact) mass is 366 g/mol. The zero-order valence-corrected chi connectivity index (χ0v) is 16.0. The van der Waals surface area contributed by atoms with Crippen LogP contribution in [0.1, 0.15) is 37.1 Å². The zero-order valence-electron chi connectivity index (χ0n) is 15.2. The maximum absolute atomic E-state index is 11.1. The molecule has 1 saturated carbocycles. The fourth-order valence-corrected chi connectivity index (χ4v) is 4.81. The molecule has 0 bridgehead atoms. The maximum atomic E-state index is 11.1. The highest BCUT2D eigenvalue weighted by Gasteiger charge is 2.53. The van der Waals surface area contributed by atoms with Crippen molar-refractivity contribution >= 4 is 33.6 Å². The Bertz CT molecular complexity index is 1020. The molecule has 3 aromatic rings. The van der Waals surface area contributed by atoms with Crippen molar-refractivity contribution in [3.63, 3.8) is 0 Å². The molecule has 134 valence electrons. The number of pyridine rings is 2. The van der Waals surface area contributed by atoms with Gasteiger partial charge in [-0.2, -0.15) is 0 Å². The van der Waals surface area contributed by atoms with Gasteiger partial charge in [-0.1, -0.05) is 13.8 Å². The lowest BCUT2D eigenvalue weighted by atomic mass is 9.58. The SMILES string of the molecule is CN=Cc1cc(-c2ccc3cc(C4(O)CCC4(C)C)sc3n2)cnc1N. The third kappa shape index (κ3) is 2.52. The van der Waals surface area contributed by atoms with Gasteiger partial charge in [0.2, 0.25) is 0 Å². The van der Waals surface area contributed by atoms with Gasteiger partial charge in [0.25, 0.3) is 0 Å². The first-order valence-corrected chi connectivity index (χ1v) is 9.47. The van der Waals surface area contributed by atoms with E-state index in [1.165, 1.54) is 0 Å². The number of fused-ring (bicyclic) bond motifs is 1. The van der Waals surface area contributed by atoms with Gasteiger partial charge in [-0.3, -0.25) is 4.99 Å². The number of hydrogen-bond acceptors (Lipinski definition) is 6. The summed E-state index contributed by atoms with van der Waals surface area (Å²) in [6.45, 7) is 4.24. The Hall–Kier alpha value is -2.31. The summed E-state index contributed by atoms with van der Waals surface area (Å²) < 4.78 is 0. The Labute approximate surface area is 156 Å².